The van der Waals surface area contributed by atoms with Gasteiger partial charge in [0.05, 0.1) is 19.4 Å². The van der Waals surface area contributed by atoms with Crippen molar-refractivity contribution in [2.75, 3.05) is 13.2 Å². The lowest BCUT2D eigenvalue weighted by Gasteiger charge is -2.11. The number of ether oxygens (including phenoxy) is 2. The highest BCUT2D eigenvalue weighted by Gasteiger charge is 2.08. The summed E-state index contributed by atoms with van der Waals surface area (Å²) in [6.07, 6.45) is 1.52. The zero-order valence-corrected chi connectivity index (χ0v) is 12.6. The number of primary amides is 1. The summed E-state index contributed by atoms with van der Waals surface area (Å²) in [4.78, 5) is 10.7. The highest BCUT2D eigenvalue weighted by molar-refractivity contribution is 6.03. The summed E-state index contributed by atoms with van der Waals surface area (Å²) in [5, 5.41) is 5.78. The van der Waals surface area contributed by atoms with Gasteiger partial charge in [0.25, 0.3) is 0 Å². The molecule has 0 spiro atoms. The number of nitrogens with zero attached hydrogens (tertiary/aromatic N) is 1. The predicted octanol–water partition coefficient (Wildman–Crippen LogP) is 2.64. The number of nitrogens with two attached hydrogens (primary N) is 1. The van der Waals surface area contributed by atoms with Gasteiger partial charge in [-0.05, 0) is 42.8 Å². The van der Waals surface area contributed by atoms with E-state index in [1.54, 1.807) is 0 Å². The minimum absolute atomic E-state index is 0.529. The van der Waals surface area contributed by atoms with Gasteiger partial charge in [0, 0.05) is 5.56 Å². The number of urea groups is 1. The molecule has 6 heteroatoms. The molecule has 0 heterocycles. The second kappa shape index (κ2) is 7.31. The van der Waals surface area contributed by atoms with Crippen LogP contribution in [0.25, 0.3) is 10.8 Å². The third-order valence-electron chi connectivity index (χ3n) is 2.97. The smallest absolute Gasteiger partial charge is 0.332 e. The first-order valence-corrected chi connectivity index (χ1v) is 7.06. The molecule has 0 radical (unpaired) electrons. The number of hydrogen-bond acceptors (Lipinski definition) is 4. The van der Waals surface area contributed by atoms with E-state index >= 15 is 0 Å². The van der Waals surface area contributed by atoms with Crippen LogP contribution in [0.3, 0.4) is 0 Å². The van der Waals surface area contributed by atoms with Crippen LogP contribution < -0.4 is 20.6 Å². The molecule has 0 bridgehead atoms. The molecule has 0 atom stereocenters. The number of carbonyl (C=O) groups is 1. The van der Waals surface area contributed by atoms with Crippen molar-refractivity contribution in [3.63, 3.8) is 0 Å². The fourth-order valence-corrected chi connectivity index (χ4v) is 2.13. The van der Waals surface area contributed by atoms with Crippen LogP contribution in [-0.4, -0.2) is 25.5 Å². The standard InChI is InChI=1S/C16H19N3O3/c1-3-21-12-7-5-11-6-8-15(22-4-2)14(13(11)9-12)10-18-19-16(17)20/h5-10H,3-4H2,1-2H3,(H3,17,19,20)/b18-10-. The maximum atomic E-state index is 10.7. The Labute approximate surface area is 128 Å². The van der Waals surface area contributed by atoms with E-state index in [0.717, 1.165) is 22.1 Å². The highest BCUT2D eigenvalue weighted by Crippen LogP contribution is 2.29. The first kappa shape index (κ1) is 15.6. The number of benzene rings is 2. The summed E-state index contributed by atoms with van der Waals surface area (Å²) in [6, 6.07) is 8.92. The van der Waals surface area contributed by atoms with Gasteiger partial charge in [-0.25, -0.2) is 10.2 Å². The predicted molar refractivity (Wildman–Crippen MR) is 86.6 cm³/mol. The van der Waals surface area contributed by atoms with Crippen molar-refractivity contribution >= 4 is 23.0 Å². The van der Waals surface area contributed by atoms with E-state index < -0.39 is 6.03 Å². The zero-order valence-electron chi connectivity index (χ0n) is 12.6. The molecule has 0 aliphatic rings. The van der Waals surface area contributed by atoms with E-state index in [-0.39, 0.29) is 0 Å². The quantitative estimate of drug-likeness (QED) is 0.635. The van der Waals surface area contributed by atoms with E-state index in [0.29, 0.717) is 19.0 Å². The lowest BCUT2D eigenvalue weighted by molar-refractivity contribution is 0.249. The summed E-state index contributed by atoms with van der Waals surface area (Å²) >= 11 is 0. The molecule has 0 aliphatic heterocycles. The van der Waals surface area contributed by atoms with Crippen LogP contribution in [0.15, 0.2) is 35.4 Å². The van der Waals surface area contributed by atoms with E-state index in [1.165, 1.54) is 6.21 Å². The van der Waals surface area contributed by atoms with Crippen LogP contribution >= 0.6 is 0 Å². The summed E-state index contributed by atoms with van der Waals surface area (Å²) in [7, 11) is 0. The zero-order chi connectivity index (χ0) is 15.9. The first-order valence-electron chi connectivity index (χ1n) is 7.06. The second-order valence-electron chi connectivity index (χ2n) is 4.46. The number of amides is 2. The molecular formula is C16H19N3O3. The summed E-state index contributed by atoms with van der Waals surface area (Å²) in [5.74, 6) is 1.44. The van der Waals surface area contributed by atoms with Gasteiger partial charge in [-0.15, -0.1) is 0 Å². The van der Waals surface area contributed by atoms with Gasteiger partial charge in [-0.1, -0.05) is 12.1 Å². The average molecular weight is 301 g/mol. The van der Waals surface area contributed by atoms with Crippen LogP contribution in [0, 0.1) is 0 Å². The van der Waals surface area contributed by atoms with Gasteiger partial charge in [0.2, 0.25) is 0 Å². The molecule has 2 aromatic carbocycles. The van der Waals surface area contributed by atoms with Crippen molar-refractivity contribution in [1.82, 2.24) is 5.43 Å². The first-order chi connectivity index (χ1) is 10.7. The van der Waals surface area contributed by atoms with Crippen LogP contribution in [0.2, 0.25) is 0 Å². The number of nitrogens with one attached hydrogen (secondary N) is 1. The molecule has 22 heavy (non-hydrogen) atoms. The van der Waals surface area contributed by atoms with Crippen LogP contribution in [0.5, 0.6) is 11.5 Å². The van der Waals surface area contributed by atoms with Crippen molar-refractivity contribution < 1.29 is 14.3 Å². The Morgan fingerprint density at radius 3 is 2.64 bits per heavy atom. The molecule has 2 aromatic rings. The Balaban J connectivity index is 2.53. The van der Waals surface area contributed by atoms with E-state index in [4.69, 9.17) is 15.2 Å². The maximum Gasteiger partial charge on any atom is 0.332 e. The number of fused-ring (bicyclic) bond motifs is 1. The monoisotopic (exact) mass is 301 g/mol. The molecule has 116 valence electrons. The minimum atomic E-state index is -0.718. The molecule has 0 aliphatic carbocycles. The van der Waals surface area contributed by atoms with Gasteiger partial charge in [0.15, 0.2) is 0 Å². The summed E-state index contributed by atoms with van der Waals surface area (Å²) in [5.41, 5.74) is 7.96. The summed E-state index contributed by atoms with van der Waals surface area (Å²) in [6.45, 7) is 4.95. The second-order valence-corrected chi connectivity index (χ2v) is 4.46. The Morgan fingerprint density at radius 1 is 1.23 bits per heavy atom. The van der Waals surface area contributed by atoms with Crippen molar-refractivity contribution in [1.29, 1.82) is 0 Å². The SMILES string of the molecule is CCOc1ccc2ccc(OCC)c(/C=N\NC(N)=O)c2c1. The number of carbonyl (C=O) groups excluding carboxylic acids is 1. The van der Waals surface area contributed by atoms with E-state index in [1.807, 2.05) is 44.2 Å². The van der Waals surface area contributed by atoms with Gasteiger partial charge in [0.1, 0.15) is 11.5 Å². The molecule has 6 nitrogen and oxygen atoms in total. The average Bonchev–Trinajstić information content (AvgIpc) is 2.49. The Morgan fingerprint density at radius 2 is 1.95 bits per heavy atom. The third kappa shape index (κ3) is 3.66. The number of hydrazone groups is 1. The molecule has 2 rings (SSSR count). The Bertz CT molecular complexity index is 693. The van der Waals surface area contributed by atoms with Gasteiger partial charge >= 0.3 is 6.03 Å². The molecule has 0 saturated heterocycles. The molecule has 0 unspecified atom stereocenters. The Hall–Kier alpha value is -2.76. The van der Waals surface area contributed by atoms with Gasteiger partial charge in [-0.2, -0.15) is 5.10 Å². The largest absolute Gasteiger partial charge is 0.494 e. The van der Waals surface area contributed by atoms with Crippen molar-refractivity contribution in [3.8, 4) is 11.5 Å². The maximum absolute atomic E-state index is 10.7. The normalized spacial score (nSPS) is 10.8. The molecular weight excluding hydrogens is 282 g/mol. The minimum Gasteiger partial charge on any atom is -0.494 e. The third-order valence-corrected chi connectivity index (χ3v) is 2.97. The fraction of sp³-hybridized carbons (Fsp3) is 0.250. The molecule has 0 saturated carbocycles. The molecule has 0 fully saturated rings. The topological polar surface area (TPSA) is 85.9 Å². The Kier molecular flexibility index (Phi) is 5.19. The van der Waals surface area contributed by atoms with Crippen molar-refractivity contribution in [2.24, 2.45) is 10.8 Å². The summed E-state index contributed by atoms with van der Waals surface area (Å²) < 4.78 is 11.2. The van der Waals surface area contributed by atoms with Gasteiger partial charge in [-0.3, -0.25) is 0 Å². The van der Waals surface area contributed by atoms with E-state index in [2.05, 4.69) is 10.5 Å². The lowest BCUT2D eigenvalue weighted by atomic mass is 10.0. The fourth-order valence-electron chi connectivity index (χ4n) is 2.13. The molecule has 2 amide bonds. The van der Waals surface area contributed by atoms with Crippen LogP contribution in [0.1, 0.15) is 19.4 Å². The van der Waals surface area contributed by atoms with Crippen LogP contribution in [0.4, 0.5) is 4.79 Å². The number of hydrogen-bond donors (Lipinski definition) is 2. The highest BCUT2D eigenvalue weighted by atomic mass is 16.5. The van der Waals surface area contributed by atoms with Crippen LogP contribution in [-0.2, 0) is 0 Å². The van der Waals surface area contributed by atoms with Gasteiger partial charge < -0.3 is 15.2 Å². The molecule has 3 N–H and O–H groups in total. The van der Waals surface area contributed by atoms with Crippen molar-refractivity contribution in [2.45, 2.75) is 13.8 Å². The number of rotatable bonds is 6. The lowest BCUT2D eigenvalue weighted by Crippen LogP contribution is -2.24. The van der Waals surface area contributed by atoms with Crippen molar-refractivity contribution in [3.05, 3.63) is 35.9 Å². The molecule has 0 aromatic heterocycles. The van der Waals surface area contributed by atoms with E-state index in [9.17, 15) is 4.79 Å².